The van der Waals surface area contributed by atoms with Crippen molar-refractivity contribution < 1.29 is 0 Å². The van der Waals surface area contributed by atoms with E-state index in [9.17, 15) is 0 Å². The summed E-state index contributed by atoms with van der Waals surface area (Å²) in [4.78, 5) is 0. The lowest BCUT2D eigenvalue weighted by Crippen LogP contribution is -2.57. The molecule has 0 bridgehead atoms. The van der Waals surface area contributed by atoms with Crippen LogP contribution in [0.1, 0.15) is 48.0 Å². The summed E-state index contributed by atoms with van der Waals surface area (Å²) in [5, 5.41) is 0. The molecule has 0 aliphatic carbocycles. The van der Waals surface area contributed by atoms with Gasteiger partial charge in [-0.1, -0.05) is 41.5 Å². The molecule has 22 heavy (non-hydrogen) atoms. The third-order valence-electron chi connectivity index (χ3n) is 4.88. The molecule has 1 fully saturated rings. The van der Waals surface area contributed by atoms with Gasteiger partial charge >= 0.3 is 0 Å². The van der Waals surface area contributed by atoms with Crippen LogP contribution in [-0.4, -0.2) is 70.6 Å². The topological polar surface area (TPSA) is 13.0 Å². The summed E-state index contributed by atoms with van der Waals surface area (Å²) >= 11 is 0. The Bertz CT molecular complexity index is 288. The number of nitrogens with zero attached hydrogens (tertiary/aromatic N) is 4. The molecular weight excluding hydrogens is 292 g/mol. The minimum Gasteiger partial charge on any atom is -0.235 e. The third-order valence-corrected chi connectivity index (χ3v) is 9.27. The molecule has 2 atom stereocenters. The lowest BCUT2D eigenvalue weighted by molar-refractivity contribution is 0.238. The van der Waals surface area contributed by atoms with Crippen LogP contribution < -0.4 is 0 Å². The molecule has 0 aromatic rings. The molecule has 0 aromatic carbocycles. The van der Waals surface area contributed by atoms with E-state index in [4.69, 9.17) is 0 Å². The van der Waals surface area contributed by atoms with Gasteiger partial charge in [-0.05, 0) is 43.1 Å². The molecule has 0 saturated carbocycles. The summed E-state index contributed by atoms with van der Waals surface area (Å²) in [5.74, 6) is 1.54. The standard InChI is InChI=1S/C17H40N4S/c1-9-20(10-2)22(21(11-3)12-4)18(7)14-16(5)13-17(6)15-19(22)8/h16-17H,9-15H2,1-8H3. The van der Waals surface area contributed by atoms with Crippen molar-refractivity contribution in [1.82, 2.24) is 17.2 Å². The van der Waals surface area contributed by atoms with Crippen molar-refractivity contribution in [3.63, 3.8) is 0 Å². The normalized spacial score (nSPS) is 29.5. The molecule has 0 aromatic heterocycles. The van der Waals surface area contributed by atoms with Crippen LogP contribution in [0.3, 0.4) is 0 Å². The Morgan fingerprint density at radius 1 is 0.773 bits per heavy atom. The van der Waals surface area contributed by atoms with Gasteiger partial charge in [-0.25, -0.2) is 17.2 Å². The Hall–Kier alpha value is 0.190. The number of hydrogen-bond donors (Lipinski definition) is 0. The van der Waals surface area contributed by atoms with Gasteiger partial charge in [-0.15, -0.1) is 0 Å². The highest BCUT2D eigenvalue weighted by atomic mass is 32.3. The van der Waals surface area contributed by atoms with E-state index in [0.29, 0.717) is 0 Å². The minimum absolute atomic E-state index is 0.770. The maximum Gasteiger partial charge on any atom is 0.0131 e. The molecule has 1 saturated heterocycles. The first-order valence-corrected chi connectivity index (χ1v) is 10.6. The zero-order valence-corrected chi connectivity index (χ0v) is 17.1. The molecular formula is C17H40N4S. The van der Waals surface area contributed by atoms with Crippen molar-refractivity contribution >= 4 is 10.8 Å². The predicted octanol–water partition coefficient (Wildman–Crippen LogP) is 3.67. The molecule has 1 rings (SSSR count). The van der Waals surface area contributed by atoms with Crippen molar-refractivity contribution in [2.45, 2.75) is 48.0 Å². The van der Waals surface area contributed by atoms with E-state index in [-0.39, 0.29) is 0 Å². The van der Waals surface area contributed by atoms with E-state index >= 15 is 0 Å². The number of hydrogen-bond acceptors (Lipinski definition) is 4. The lowest BCUT2D eigenvalue weighted by Gasteiger charge is -2.64. The summed E-state index contributed by atoms with van der Waals surface area (Å²) in [6.45, 7) is 20.9. The Morgan fingerprint density at radius 3 is 1.36 bits per heavy atom. The fraction of sp³-hybridized carbons (Fsp3) is 1.00. The van der Waals surface area contributed by atoms with Gasteiger partial charge in [0.2, 0.25) is 0 Å². The Kier molecular flexibility index (Phi) is 8.17. The van der Waals surface area contributed by atoms with Crippen LogP contribution in [0.4, 0.5) is 0 Å². The molecule has 0 amide bonds. The molecule has 0 radical (unpaired) electrons. The van der Waals surface area contributed by atoms with E-state index in [1.54, 1.807) is 0 Å². The van der Waals surface area contributed by atoms with Crippen LogP contribution >= 0.6 is 10.8 Å². The fourth-order valence-corrected chi connectivity index (χ4v) is 8.92. The van der Waals surface area contributed by atoms with Crippen LogP contribution in [0.25, 0.3) is 0 Å². The summed E-state index contributed by atoms with van der Waals surface area (Å²) < 4.78 is 10.8. The molecule has 0 spiro atoms. The Morgan fingerprint density at radius 2 is 1.09 bits per heavy atom. The zero-order valence-electron chi connectivity index (χ0n) is 16.3. The van der Waals surface area contributed by atoms with Crippen LogP contribution in [-0.2, 0) is 0 Å². The fourth-order valence-electron chi connectivity index (χ4n) is 4.24. The van der Waals surface area contributed by atoms with Gasteiger partial charge in [0.15, 0.2) is 0 Å². The molecule has 1 aliphatic heterocycles. The van der Waals surface area contributed by atoms with Gasteiger partial charge in [0, 0.05) is 39.3 Å². The van der Waals surface area contributed by atoms with E-state index in [1.807, 2.05) is 0 Å². The average Bonchev–Trinajstić information content (AvgIpc) is 2.45. The largest absolute Gasteiger partial charge is 0.235 e. The predicted molar refractivity (Wildman–Crippen MR) is 102 cm³/mol. The maximum absolute atomic E-state index is 2.71. The monoisotopic (exact) mass is 332 g/mol. The van der Waals surface area contributed by atoms with Crippen LogP contribution in [0.15, 0.2) is 0 Å². The van der Waals surface area contributed by atoms with Gasteiger partial charge in [0.1, 0.15) is 0 Å². The van der Waals surface area contributed by atoms with Crippen molar-refractivity contribution in [3.05, 3.63) is 0 Å². The smallest absolute Gasteiger partial charge is 0.0131 e. The Balaban J connectivity index is 3.37. The minimum atomic E-state index is -1.23. The van der Waals surface area contributed by atoms with Crippen molar-refractivity contribution in [2.24, 2.45) is 11.8 Å². The molecule has 1 heterocycles. The van der Waals surface area contributed by atoms with Gasteiger partial charge in [-0.2, -0.15) is 0 Å². The average molecular weight is 333 g/mol. The first kappa shape index (κ1) is 20.2. The summed E-state index contributed by atoms with van der Waals surface area (Å²) in [7, 11) is 3.48. The molecule has 4 nitrogen and oxygen atoms in total. The highest BCUT2D eigenvalue weighted by Crippen LogP contribution is 2.60. The second kappa shape index (κ2) is 8.88. The highest BCUT2D eigenvalue weighted by molar-refractivity contribution is 8.25. The first-order valence-electron chi connectivity index (χ1n) is 9.14. The van der Waals surface area contributed by atoms with Gasteiger partial charge in [0.25, 0.3) is 0 Å². The highest BCUT2D eigenvalue weighted by Gasteiger charge is 2.44. The molecule has 134 valence electrons. The van der Waals surface area contributed by atoms with E-state index in [0.717, 1.165) is 38.0 Å². The van der Waals surface area contributed by atoms with Crippen LogP contribution in [0, 0.1) is 11.8 Å². The second-order valence-electron chi connectivity index (χ2n) is 6.79. The van der Waals surface area contributed by atoms with Crippen LogP contribution in [0.2, 0.25) is 0 Å². The van der Waals surface area contributed by atoms with Crippen LogP contribution in [0.5, 0.6) is 0 Å². The van der Waals surface area contributed by atoms with Crippen molar-refractivity contribution in [2.75, 3.05) is 53.4 Å². The van der Waals surface area contributed by atoms with E-state index in [2.05, 4.69) is 72.9 Å². The number of rotatable bonds is 6. The molecule has 5 heteroatoms. The van der Waals surface area contributed by atoms with Crippen molar-refractivity contribution in [3.8, 4) is 0 Å². The summed E-state index contributed by atoms with van der Waals surface area (Å²) in [5.41, 5.74) is 0. The van der Waals surface area contributed by atoms with E-state index in [1.165, 1.54) is 19.5 Å². The second-order valence-corrected chi connectivity index (χ2v) is 10.0. The molecule has 1 aliphatic rings. The van der Waals surface area contributed by atoms with Gasteiger partial charge < -0.3 is 0 Å². The van der Waals surface area contributed by atoms with E-state index < -0.39 is 10.8 Å². The van der Waals surface area contributed by atoms with Gasteiger partial charge in [0.05, 0.1) is 0 Å². The summed E-state index contributed by atoms with van der Waals surface area (Å²) in [6.07, 6.45) is 1.33. The summed E-state index contributed by atoms with van der Waals surface area (Å²) in [6, 6.07) is 0. The zero-order chi connectivity index (χ0) is 16.9. The van der Waals surface area contributed by atoms with Gasteiger partial charge in [-0.3, -0.25) is 0 Å². The van der Waals surface area contributed by atoms with Crippen molar-refractivity contribution in [1.29, 1.82) is 0 Å². The third kappa shape index (κ3) is 3.81. The first-order chi connectivity index (χ1) is 10.4. The Labute approximate surface area is 141 Å². The maximum atomic E-state index is 2.71. The quantitative estimate of drug-likeness (QED) is 0.735. The molecule has 2 unspecified atom stereocenters. The molecule has 0 N–H and O–H groups in total. The SMILES string of the molecule is CCN(CC)S1(N(CC)CC)N(C)CC(C)CC(C)CN1C. The lowest BCUT2D eigenvalue weighted by atomic mass is 9.97.